The van der Waals surface area contributed by atoms with Gasteiger partial charge in [0, 0.05) is 5.92 Å². The van der Waals surface area contributed by atoms with Crippen molar-refractivity contribution in [3.63, 3.8) is 0 Å². The van der Waals surface area contributed by atoms with Gasteiger partial charge in [0.05, 0.1) is 0 Å². The third-order valence-corrected chi connectivity index (χ3v) is 2.32. The molecule has 2 atom stereocenters. The Morgan fingerprint density at radius 3 is 1.32 bits per heavy atom. The van der Waals surface area contributed by atoms with E-state index in [4.69, 9.17) is 0 Å². The minimum Gasteiger partial charge on any atom is -0.300 e. The topological polar surface area (TPSA) is 17.1 Å². The molecule has 19 heavy (non-hydrogen) atoms. The summed E-state index contributed by atoms with van der Waals surface area (Å²) in [6, 6.07) is 0. The van der Waals surface area contributed by atoms with E-state index in [9.17, 15) is 4.79 Å². The van der Waals surface area contributed by atoms with Crippen molar-refractivity contribution in [3.8, 4) is 59.2 Å². The van der Waals surface area contributed by atoms with Gasteiger partial charge in [-0.25, -0.2) is 0 Å². The van der Waals surface area contributed by atoms with E-state index in [0.717, 1.165) is 6.42 Å². The minimum atomic E-state index is 0.368. The maximum Gasteiger partial charge on any atom is 0.133 e. The Balaban J connectivity index is 0.000000388. The molecule has 0 aromatic rings. The number of carbonyl (C=O) groups excluding carboxylic acids is 1. The van der Waals surface area contributed by atoms with E-state index in [2.05, 4.69) is 66.1 Å². The zero-order valence-electron chi connectivity index (χ0n) is 11.8. The molecule has 0 radical (unpaired) electrons. The summed E-state index contributed by atoms with van der Waals surface area (Å²) in [5, 5.41) is 0. The first kappa shape index (κ1) is 16.5. The van der Waals surface area contributed by atoms with E-state index in [0.29, 0.717) is 17.6 Å². The first-order valence-corrected chi connectivity index (χ1v) is 5.97. The van der Waals surface area contributed by atoms with Crippen LogP contribution in [0.25, 0.3) is 0 Å². The molecule has 1 aliphatic rings. The van der Waals surface area contributed by atoms with Gasteiger partial charge in [-0.05, 0) is 80.5 Å². The summed E-state index contributed by atoms with van der Waals surface area (Å²) < 4.78 is 0. The number of carbonyl (C=O) groups is 1. The summed E-state index contributed by atoms with van der Waals surface area (Å²) in [7, 11) is 0. The highest BCUT2D eigenvalue weighted by Crippen LogP contribution is 2.37. The second-order valence-corrected chi connectivity index (χ2v) is 3.93. The fourth-order valence-corrected chi connectivity index (χ4v) is 1.20. The summed E-state index contributed by atoms with van der Waals surface area (Å²) in [5.41, 5.74) is 0. The van der Waals surface area contributed by atoms with Crippen molar-refractivity contribution in [1.82, 2.24) is 0 Å². The lowest BCUT2D eigenvalue weighted by atomic mass is 10.2. The van der Waals surface area contributed by atoms with Gasteiger partial charge < -0.3 is 0 Å². The summed E-state index contributed by atoms with van der Waals surface area (Å²) in [6.45, 7) is 7.23. The van der Waals surface area contributed by atoms with Gasteiger partial charge in [-0.1, -0.05) is 18.8 Å². The molecule has 2 unspecified atom stereocenters. The van der Waals surface area contributed by atoms with Crippen LogP contribution in [0, 0.1) is 71.0 Å². The normalized spacial score (nSPS) is 16.4. The van der Waals surface area contributed by atoms with Crippen molar-refractivity contribution in [1.29, 1.82) is 0 Å². The Morgan fingerprint density at radius 2 is 1.16 bits per heavy atom. The lowest BCUT2D eigenvalue weighted by molar-refractivity contribution is -0.118. The lowest BCUT2D eigenvalue weighted by Crippen LogP contribution is -1.92. The van der Waals surface area contributed by atoms with Crippen LogP contribution in [0.1, 0.15) is 34.1 Å². The zero-order valence-corrected chi connectivity index (χ0v) is 11.8. The molecule has 1 fully saturated rings. The summed E-state index contributed by atoms with van der Waals surface area (Å²) in [5.74, 6) is 27.0. The molecule has 94 valence electrons. The van der Waals surface area contributed by atoms with E-state index in [1.165, 1.54) is 0 Å². The standard InChI is InChI=1S/C12H6.C6H10O/c1-3-5-7-9-11-12-10-8-6-4-2;1-4-3-6(4)5(2)7/h1-2H3;4,6H,3H2,1-2H3. The highest BCUT2D eigenvalue weighted by atomic mass is 16.1. The Morgan fingerprint density at radius 1 is 0.842 bits per heavy atom. The van der Waals surface area contributed by atoms with Crippen LogP contribution in [-0.2, 0) is 4.79 Å². The van der Waals surface area contributed by atoms with Gasteiger partial charge in [-0.3, -0.25) is 4.79 Å². The van der Waals surface area contributed by atoms with Crippen molar-refractivity contribution >= 4 is 5.78 Å². The van der Waals surface area contributed by atoms with Crippen molar-refractivity contribution in [2.24, 2.45) is 11.8 Å². The van der Waals surface area contributed by atoms with E-state index in [1.54, 1.807) is 20.8 Å². The van der Waals surface area contributed by atoms with Gasteiger partial charge in [-0.2, -0.15) is 0 Å². The molecule has 0 aromatic heterocycles. The Bertz CT molecular complexity index is 568. The Kier molecular flexibility index (Phi) is 9.20. The predicted octanol–water partition coefficient (Wildman–Crippen LogP) is 2.27. The molecule has 0 N–H and O–H groups in total. The number of hydrogen-bond donors (Lipinski definition) is 0. The first-order valence-electron chi connectivity index (χ1n) is 5.97. The highest BCUT2D eigenvalue weighted by molar-refractivity contribution is 5.81. The summed E-state index contributed by atoms with van der Waals surface area (Å²) in [4.78, 5) is 10.4. The van der Waals surface area contributed by atoms with Crippen molar-refractivity contribution < 1.29 is 4.79 Å². The third-order valence-electron chi connectivity index (χ3n) is 2.32. The number of rotatable bonds is 1. The number of Topliss-reactive ketones (excluding diaryl/α,β-unsaturated/α-hetero) is 1. The molecule has 0 heterocycles. The van der Waals surface area contributed by atoms with Crippen LogP contribution in [-0.4, -0.2) is 5.78 Å². The average molecular weight is 248 g/mol. The van der Waals surface area contributed by atoms with Crippen molar-refractivity contribution in [2.45, 2.75) is 34.1 Å². The van der Waals surface area contributed by atoms with E-state index >= 15 is 0 Å². The largest absolute Gasteiger partial charge is 0.300 e. The molecule has 0 bridgehead atoms. The van der Waals surface area contributed by atoms with E-state index < -0.39 is 0 Å². The highest BCUT2D eigenvalue weighted by Gasteiger charge is 2.36. The van der Waals surface area contributed by atoms with Crippen LogP contribution in [0.3, 0.4) is 0 Å². The smallest absolute Gasteiger partial charge is 0.133 e. The van der Waals surface area contributed by atoms with Crippen molar-refractivity contribution in [3.05, 3.63) is 0 Å². The summed E-state index contributed by atoms with van der Waals surface area (Å²) in [6.07, 6.45) is 1.13. The van der Waals surface area contributed by atoms with Gasteiger partial charge in [0.1, 0.15) is 5.78 Å². The van der Waals surface area contributed by atoms with Crippen LogP contribution in [0.2, 0.25) is 0 Å². The Labute approximate surface area is 116 Å². The van der Waals surface area contributed by atoms with Crippen LogP contribution in [0.4, 0.5) is 0 Å². The average Bonchev–Trinajstić information content (AvgIpc) is 3.11. The molecular weight excluding hydrogens is 232 g/mol. The molecule has 1 nitrogen and oxygen atoms in total. The van der Waals surface area contributed by atoms with Crippen LogP contribution < -0.4 is 0 Å². The second kappa shape index (κ2) is 10.6. The zero-order chi connectivity index (χ0) is 14.5. The SMILES string of the molecule is CC#CC#CC#CC#CC#CC.CC(=O)C1CC1C. The van der Waals surface area contributed by atoms with Crippen molar-refractivity contribution in [2.75, 3.05) is 0 Å². The molecule has 1 rings (SSSR count). The maximum atomic E-state index is 10.4. The molecule has 0 spiro atoms. The first-order chi connectivity index (χ1) is 9.13. The van der Waals surface area contributed by atoms with E-state index in [1.807, 2.05) is 0 Å². The predicted molar refractivity (Wildman–Crippen MR) is 78.2 cm³/mol. The monoisotopic (exact) mass is 248 g/mol. The van der Waals surface area contributed by atoms with Gasteiger partial charge in [0.2, 0.25) is 0 Å². The van der Waals surface area contributed by atoms with Gasteiger partial charge in [0.15, 0.2) is 0 Å². The quantitative estimate of drug-likeness (QED) is 0.651. The molecule has 1 aliphatic carbocycles. The number of hydrogen-bond acceptors (Lipinski definition) is 1. The molecule has 0 aliphatic heterocycles. The lowest BCUT2D eigenvalue weighted by Gasteiger charge is -1.80. The molecule has 0 amide bonds. The second-order valence-electron chi connectivity index (χ2n) is 3.93. The van der Waals surface area contributed by atoms with Gasteiger partial charge in [-0.15, -0.1) is 0 Å². The fourth-order valence-electron chi connectivity index (χ4n) is 1.20. The minimum absolute atomic E-state index is 0.368. The molecular formula is C18H16O. The molecule has 0 saturated heterocycles. The Hall–Kier alpha value is -2.53. The molecule has 1 heteroatoms. The third kappa shape index (κ3) is 10.3. The number of ketones is 1. The van der Waals surface area contributed by atoms with Crippen LogP contribution >= 0.6 is 0 Å². The van der Waals surface area contributed by atoms with Gasteiger partial charge >= 0.3 is 0 Å². The van der Waals surface area contributed by atoms with Gasteiger partial charge in [0.25, 0.3) is 0 Å². The maximum absolute atomic E-state index is 10.4. The fraction of sp³-hybridized carbons (Fsp3) is 0.389. The summed E-state index contributed by atoms with van der Waals surface area (Å²) >= 11 is 0. The van der Waals surface area contributed by atoms with Crippen LogP contribution in [0.5, 0.6) is 0 Å². The van der Waals surface area contributed by atoms with E-state index in [-0.39, 0.29) is 0 Å². The molecule has 0 aromatic carbocycles. The molecule has 1 saturated carbocycles. The van der Waals surface area contributed by atoms with Crippen LogP contribution in [0.15, 0.2) is 0 Å².